The van der Waals surface area contributed by atoms with Gasteiger partial charge in [0, 0.05) is 5.69 Å². The number of fused-ring (bicyclic) bond motifs is 1. The van der Waals surface area contributed by atoms with E-state index in [9.17, 15) is 9.59 Å². The minimum Gasteiger partial charge on any atom is -0.497 e. The van der Waals surface area contributed by atoms with Gasteiger partial charge in [0.2, 0.25) is 0 Å². The Morgan fingerprint density at radius 1 is 1.07 bits per heavy atom. The number of thiazole rings is 1. The van der Waals surface area contributed by atoms with Gasteiger partial charge in [-0.1, -0.05) is 47.7 Å². The van der Waals surface area contributed by atoms with Crippen LogP contribution in [0.15, 0.2) is 93.9 Å². The van der Waals surface area contributed by atoms with Gasteiger partial charge < -0.3 is 19.5 Å². The molecule has 42 heavy (non-hydrogen) atoms. The van der Waals surface area contributed by atoms with Crippen LogP contribution in [0, 0.1) is 0 Å². The summed E-state index contributed by atoms with van der Waals surface area (Å²) in [6, 6.07) is 21.5. The monoisotopic (exact) mass is 583 g/mol. The molecule has 1 aliphatic rings. The van der Waals surface area contributed by atoms with Gasteiger partial charge in [-0.05, 0) is 81.3 Å². The zero-order valence-electron chi connectivity index (χ0n) is 24.2. The molecule has 0 saturated carbocycles. The number of methoxy groups -OCH3 is 1. The molecule has 1 N–H and O–H groups in total. The molecule has 0 radical (unpaired) electrons. The largest absolute Gasteiger partial charge is 0.497 e. The maximum absolute atomic E-state index is 14.0. The van der Waals surface area contributed by atoms with Crippen molar-refractivity contribution in [3.63, 3.8) is 0 Å². The lowest BCUT2D eigenvalue weighted by molar-refractivity contribution is -0.113. The molecule has 0 spiro atoms. The molecule has 216 valence electrons. The Hall–Kier alpha value is -4.63. The van der Waals surface area contributed by atoms with Crippen LogP contribution < -0.4 is 34.4 Å². The standard InChI is InChI=1S/C33H33N3O5S/c1-6-40-27-18-22(12-17-26(27)41-20(2)3)19-28-32(38)36-30(23-13-15-25(39-5)16-14-23)29(21(4)34-33(36)42-28)31(37)35-24-10-8-7-9-11-24/h7-20,30H,6H2,1-5H3,(H,35,37)/b28-19+/t30-/m1/s1. The predicted octanol–water partition coefficient (Wildman–Crippen LogP) is 5.07. The van der Waals surface area contributed by atoms with Crippen LogP contribution in [0.5, 0.6) is 17.2 Å². The molecule has 0 aliphatic carbocycles. The number of allylic oxidation sites excluding steroid dienone is 1. The first-order valence-electron chi connectivity index (χ1n) is 13.8. The number of rotatable bonds is 9. The molecule has 0 fully saturated rings. The quantitative estimate of drug-likeness (QED) is 0.297. The van der Waals surface area contributed by atoms with Crippen LogP contribution in [0.3, 0.4) is 0 Å². The molecule has 9 heteroatoms. The fraction of sp³-hybridized carbons (Fsp3) is 0.242. The fourth-order valence-electron chi connectivity index (χ4n) is 4.82. The first kappa shape index (κ1) is 28.9. The minimum absolute atomic E-state index is 0.00627. The van der Waals surface area contributed by atoms with Crippen molar-refractivity contribution in [1.82, 2.24) is 4.57 Å². The van der Waals surface area contributed by atoms with Gasteiger partial charge >= 0.3 is 0 Å². The van der Waals surface area contributed by atoms with Crippen LogP contribution in [-0.2, 0) is 4.79 Å². The highest BCUT2D eigenvalue weighted by Gasteiger charge is 2.32. The lowest BCUT2D eigenvalue weighted by Gasteiger charge is -2.25. The molecule has 3 aromatic carbocycles. The third-order valence-corrected chi connectivity index (χ3v) is 7.64. The molecule has 5 rings (SSSR count). The smallest absolute Gasteiger partial charge is 0.271 e. The number of nitrogens with zero attached hydrogens (tertiary/aromatic N) is 2. The average Bonchev–Trinajstić information content (AvgIpc) is 3.28. The van der Waals surface area contributed by atoms with Gasteiger partial charge in [0.25, 0.3) is 11.5 Å². The van der Waals surface area contributed by atoms with Gasteiger partial charge in [-0.3, -0.25) is 14.2 Å². The number of benzene rings is 3. The average molecular weight is 584 g/mol. The maximum Gasteiger partial charge on any atom is 0.271 e. The molecule has 1 atom stereocenters. The van der Waals surface area contributed by atoms with E-state index in [1.165, 1.54) is 11.3 Å². The molecule has 0 saturated heterocycles. The van der Waals surface area contributed by atoms with Crippen molar-refractivity contribution in [2.45, 2.75) is 39.8 Å². The van der Waals surface area contributed by atoms with E-state index in [0.717, 1.165) is 11.1 Å². The Balaban J connectivity index is 1.63. The van der Waals surface area contributed by atoms with Crippen molar-refractivity contribution in [2.24, 2.45) is 4.99 Å². The van der Waals surface area contributed by atoms with E-state index in [4.69, 9.17) is 19.2 Å². The van der Waals surface area contributed by atoms with E-state index >= 15 is 0 Å². The molecule has 2 heterocycles. The van der Waals surface area contributed by atoms with Gasteiger partial charge in [0.05, 0.1) is 41.7 Å². The fourth-order valence-corrected chi connectivity index (χ4v) is 5.87. The highest BCUT2D eigenvalue weighted by Crippen LogP contribution is 2.32. The summed E-state index contributed by atoms with van der Waals surface area (Å²) >= 11 is 1.28. The zero-order valence-corrected chi connectivity index (χ0v) is 25.0. The summed E-state index contributed by atoms with van der Waals surface area (Å²) in [4.78, 5) is 33.0. The Kier molecular flexibility index (Phi) is 8.59. The number of amides is 1. The van der Waals surface area contributed by atoms with Gasteiger partial charge in [0.15, 0.2) is 16.3 Å². The SMILES string of the molecule is CCOc1cc(/C=c2/sc3n(c2=O)[C@H](c2ccc(OC)cc2)C(C(=O)Nc2ccccc2)=C(C)N=3)ccc1OC(C)C. The van der Waals surface area contributed by atoms with Crippen molar-refractivity contribution in [3.05, 3.63) is 115 Å². The van der Waals surface area contributed by atoms with E-state index in [2.05, 4.69) is 5.32 Å². The lowest BCUT2D eigenvalue weighted by Crippen LogP contribution is -2.40. The van der Waals surface area contributed by atoms with Crippen molar-refractivity contribution in [1.29, 1.82) is 0 Å². The van der Waals surface area contributed by atoms with Crippen LogP contribution in [0.4, 0.5) is 5.69 Å². The summed E-state index contributed by atoms with van der Waals surface area (Å²) in [7, 11) is 1.60. The van der Waals surface area contributed by atoms with Crippen LogP contribution in [0.2, 0.25) is 0 Å². The highest BCUT2D eigenvalue weighted by atomic mass is 32.1. The second-order valence-corrected chi connectivity index (χ2v) is 11.0. The Bertz CT molecular complexity index is 1810. The number of hydrogen-bond acceptors (Lipinski definition) is 7. The van der Waals surface area contributed by atoms with Gasteiger partial charge in [-0.2, -0.15) is 0 Å². The van der Waals surface area contributed by atoms with Crippen LogP contribution in [-0.4, -0.2) is 30.3 Å². The highest BCUT2D eigenvalue weighted by molar-refractivity contribution is 7.07. The van der Waals surface area contributed by atoms with E-state index in [1.807, 2.05) is 99.6 Å². The summed E-state index contributed by atoms with van der Waals surface area (Å²) in [6.07, 6.45) is 1.81. The predicted molar refractivity (Wildman–Crippen MR) is 165 cm³/mol. The summed E-state index contributed by atoms with van der Waals surface area (Å²) in [5, 5.41) is 2.97. The normalized spacial score (nSPS) is 14.8. The number of ether oxygens (including phenoxy) is 3. The molecule has 1 aromatic heterocycles. The van der Waals surface area contributed by atoms with Gasteiger partial charge in [-0.15, -0.1) is 0 Å². The molecule has 4 aromatic rings. The first-order chi connectivity index (χ1) is 20.3. The van der Waals surface area contributed by atoms with Crippen molar-refractivity contribution >= 4 is 29.0 Å². The van der Waals surface area contributed by atoms with E-state index in [-0.39, 0.29) is 17.6 Å². The van der Waals surface area contributed by atoms with Crippen LogP contribution in [0.25, 0.3) is 6.08 Å². The van der Waals surface area contributed by atoms with E-state index in [1.54, 1.807) is 18.6 Å². The number of para-hydroxylation sites is 1. The van der Waals surface area contributed by atoms with E-state index in [0.29, 0.717) is 50.1 Å². The third kappa shape index (κ3) is 6.01. The second kappa shape index (κ2) is 12.5. The first-order valence-corrected chi connectivity index (χ1v) is 14.6. The summed E-state index contributed by atoms with van der Waals surface area (Å²) in [5.74, 6) is 1.62. The van der Waals surface area contributed by atoms with Crippen LogP contribution >= 0.6 is 11.3 Å². The number of hydrogen-bond donors (Lipinski definition) is 1. The van der Waals surface area contributed by atoms with Crippen LogP contribution in [0.1, 0.15) is 44.9 Å². The molecular weight excluding hydrogens is 550 g/mol. The zero-order chi connectivity index (χ0) is 29.8. The van der Waals surface area contributed by atoms with E-state index < -0.39 is 6.04 Å². The number of anilines is 1. The summed E-state index contributed by atoms with van der Waals surface area (Å²) < 4.78 is 19.2. The number of carbonyl (C=O) groups excluding carboxylic acids is 1. The Morgan fingerprint density at radius 3 is 2.48 bits per heavy atom. The third-order valence-electron chi connectivity index (χ3n) is 6.66. The summed E-state index contributed by atoms with van der Waals surface area (Å²) in [6.45, 7) is 8.11. The second-order valence-electron chi connectivity index (χ2n) is 9.98. The number of carbonyl (C=O) groups is 1. The maximum atomic E-state index is 14.0. The molecule has 0 unspecified atom stereocenters. The lowest BCUT2D eigenvalue weighted by atomic mass is 9.95. The van der Waals surface area contributed by atoms with Crippen molar-refractivity contribution in [3.8, 4) is 17.2 Å². The molecule has 1 aliphatic heterocycles. The van der Waals surface area contributed by atoms with Gasteiger partial charge in [-0.25, -0.2) is 4.99 Å². The Morgan fingerprint density at radius 2 is 1.81 bits per heavy atom. The summed E-state index contributed by atoms with van der Waals surface area (Å²) in [5.41, 5.74) is 2.92. The van der Waals surface area contributed by atoms with Crippen molar-refractivity contribution in [2.75, 3.05) is 19.0 Å². The molecule has 0 bridgehead atoms. The molecule has 8 nitrogen and oxygen atoms in total. The van der Waals surface area contributed by atoms with Gasteiger partial charge in [0.1, 0.15) is 5.75 Å². The Labute approximate surface area is 248 Å². The topological polar surface area (TPSA) is 91.2 Å². The number of aromatic nitrogens is 1. The van der Waals surface area contributed by atoms with Crippen molar-refractivity contribution < 1.29 is 19.0 Å². The minimum atomic E-state index is -0.682. The molecule has 1 amide bonds. The number of nitrogens with one attached hydrogen (secondary N) is 1. The molecular formula is C33H33N3O5S.